The van der Waals surface area contributed by atoms with E-state index in [1.54, 1.807) is 11.3 Å². The monoisotopic (exact) mass is 272 g/mol. The lowest BCUT2D eigenvalue weighted by molar-refractivity contribution is 0.462. The zero-order chi connectivity index (χ0) is 13.1. The Hall–Kier alpha value is -1.19. The molecule has 0 saturated heterocycles. The van der Waals surface area contributed by atoms with Gasteiger partial charge in [-0.2, -0.15) is 0 Å². The van der Waals surface area contributed by atoms with Gasteiger partial charge >= 0.3 is 0 Å². The lowest BCUT2D eigenvalue weighted by Gasteiger charge is -2.26. The third-order valence-electron chi connectivity index (χ3n) is 3.81. The van der Waals surface area contributed by atoms with E-state index in [9.17, 15) is 0 Å². The van der Waals surface area contributed by atoms with Gasteiger partial charge in [0.25, 0.3) is 0 Å². The van der Waals surface area contributed by atoms with E-state index in [1.807, 2.05) is 0 Å². The summed E-state index contributed by atoms with van der Waals surface area (Å²) in [6.45, 7) is 3.08. The quantitative estimate of drug-likeness (QED) is 0.918. The van der Waals surface area contributed by atoms with Crippen LogP contribution in [0, 0.1) is 6.92 Å². The maximum absolute atomic E-state index is 4.52. The van der Waals surface area contributed by atoms with Crippen LogP contribution in [0.25, 0.3) is 0 Å². The SMILES string of the molecule is Cc1nc(CCNC2CCCc3ccccc32)cs1. The number of hydrogen-bond acceptors (Lipinski definition) is 3. The standard InChI is InChI=1S/C16H20N2S/c1-12-18-14(11-19-12)9-10-17-16-8-4-6-13-5-2-3-7-15(13)16/h2-3,5,7,11,16-17H,4,6,8-10H2,1H3. The maximum atomic E-state index is 4.52. The highest BCUT2D eigenvalue weighted by molar-refractivity contribution is 7.09. The molecule has 0 saturated carbocycles. The van der Waals surface area contributed by atoms with Crippen molar-refractivity contribution in [2.24, 2.45) is 0 Å². The van der Waals surface area contributed by atoms with E-state index in [-0.39, 0.29) is 0 Å². The topological polar surface area (TPSA) is 24.9 Å². The van der Waals surface area contributed by atoms with Crippen molar-refractivity contribution in [2.75, 3.05) is 6.54 Å². The fraction of sp³-hybridized carbons (Fsp3) is 0.438. The highest BCUT2D eigenvalue weighted by Gasteiger charge is 2.18. The molecule has 0 amide bonds. The van der Waals surface area contributed by atoms with Crippen molar-refractivity contribution in [3.8, 4) is 0 Å². The molecule has 2 aromatic rings. The Balaban J connectivity index is 1.59. The van der Waals surface area contributed by atoms with Crippen molar-refractivity contribution in [1.29, 1.82) is 0 Å². The molecule has 1 heterocycles. The van der Waals surface area contributed by atoms with E-state index >= 15 is 0 Å². The molecule has 2 nitrogen and oxygen atoms in total. The second kappa shape index (κ2) is 5.85. The van der Waals surface area contributed by atoms with Crippen molar-refractivity contribution in [1.82, 2.24) is 10.3 Å². The minimum atomic E-state index is 0.532. The molecule has 100 valence electrons. The smallest absolute Gasteiger partial charge is 0.0897 e. The molecule has 3 rings (SSSR count). The zero-order valence-corrected chi connectivity index (χ0v) is 12.2. The summed E-state index contributed by atoms with van der Waals surface area (Å²) in [7, 11) is 0. The number of hydrogen-bond donors (Lipinski definition) is 1. The molecule has 0 bridgehead atoms. The summed E-state index contributed by atoms with van der Waals surface area (Å²) in [5.74, 6) is 0. The number of rotatable bonds is 4. The molecule has 1 unspecified atom stereocenters. The number of fused-ring (bicyclic) bond motifs is 1. The van der Waals surface area contributed by atoms with E-state index in [4.69, 9.17) is 0 Å². The lowest BCUT2D eigenvalue weighted by atomic mass is 9.88. The summed E-state index contributed by atoms with van der Waals surface area (Å²) in [5.41, 5.74) is 4.25. The van der Waals surface area contributed by atoms with E-state index in [0.29, 0.717) is 6.04 Å². The third-order valence-corrected chi connectivity index (χ3v) is 4.63. The number of aromatic nitrogens is 1. The van der Waals surface area contributed by atoms with Crippen LogP contribution in [-0.2, 0) is 12.8 Å². The molecule has 1 aliphatic carbocycles. The Bertz CT molecular complexity index is 547. The highest BCUT2D eigenvalue weighted by atomic mass is 32.1. The average molecular weight is 272 g/mol. The summed E-state index contributed by atoms with van der Waals surface area (Å²) in [6, 6.07) is 9.39. The summed E-state index contributed by atoms with van der Waals surface area (Å²) < 4.78 is 0. The van der Waals surface area contributed by atoms with Gasteiger partial charge in [-0.3, -0.25) is 0 Å². The molecule has 0 spiro atoms. The van der Waals surface area contributed by atoms with Crippen LogP contribution < -0.4 is 5.32 Å². The second-order valence-electron chi connectivity index (χ2n) is 5.21. The van der Waals surface area contributed by atoms with Gasteiger partial charge < -0.3 is 5.32 Å². The van der Waals surface area contributed by atoms with E-state index in [0.717, 1.165) is 18.0 Å². The van der Waals surface area contributed by atoms with E-state index in [2.05, 4.69) is 46.9 Å². The molecule has 0 fully saturated rings. The molecule has 19 heavy (non-hydrogen) atoms. The van der Waals surface area contributed by atoms with Crippen LogP contribution in [0.2, 0.25) is 0 Å². The van der Waals surface area contributed by atoms with Gasteiger partial charge in [-0.05, 0) is 37.3 Å². The summed E-state index contributed by atoms with van der Waals surface area (Å²) in [6.07, 6.45) is 4.82. The van der Waals surface area contributed by atoms with E-state index in [1.165, 1.54) is 36.1 Å². The van der Waals surface area contributed by atoms with Crippen molar-refractivity contribution in [3.05, 3.63) is 51.5 Å². The normalized spacial score (nSPS) is 18.3. The molecule has 1 aromatic carbocycles. The Morgan fingerprint density at radius 2 is 2.26 bits per heavy atom. The summed E-state index contributed by atoms with van der Waals surface area (Å²) >= 11 is 1.74. The minimum Gasteiger partial charge on any atom is -0.310 e. The van der Waals surface area contributed by atoms with Gasteiger partial charge in [0.15, 0.2) is 0 Å². The van der Waals surface area contributed by atoms with Gasteiger partial charge in [0, 0.05) is 24.4 Å². The molecule has 1 aromatic heterocycles. The van der Waals surface area contributed by atoms with Crippen LogP contribution in [0.4, 0.5) is 0 Å². The lowest BCUT2D eigenvalue weighted by Crippen LogP contribution is -2.27. The predicted octanol–water partition coefficient (Wildman–Crippen LogP) is 3.66. The number of nitrogens with zero attached hydrogens (tertiary/aromatic N) is 1. The Morgan fingerprint density at radius 3 is 3.11 bits per heavy atom. The first-order chi connectivity index (χ1) is 9.33. The van der Waals surface area contributed by atoms with Crippen LogP contribution in [0.1, 0.15) is 40.7 Å². The minimum absolute atomic E-state index is 0.532. The van der Waals surface area contributed by atoms with Crippen LogP contribution >= 0.6 is 11.3 Å². The largest absolute Gasteiger partial charge is 0.310 e. The predicted molar refractivity (Wildman–Crippen MR) is 80.7 cm³/mol. The Kier molecular flexibility index (Phi) is 3.95. The van der Waals surface area contributed by atoms with Crippen molar-refractivity contribution in [2.45, 2.75) is 38.6 Å². The van der Waals surface area contributed by atoms with Gasteiger partial charge in [0.1, 0.15) is 0 Å². The fourth-order valence-corrected chi connectivity index (χ4v) is 3.51. The van der Waals surface area contributed by atoms with Crippen LogP contribution in [0.15, 0.2) is 29.6 Å². The van der Waals surface area contributed by atoms with Gasteiger partial charge in [0.05, 0.1) is 10.7 Å². The second-order valence-corrected chi connectivity index (χ2v) is 6.27. The molecular formula is C16H20N2S. The first-order valence-corrected chi connectivity index (χ1v) is 7.93. The Morgan fingerprint density at radius 1 is 1.37 bits per heavy atom. The maximum Gasteiger partial charge on any atom is 0.0897 e. The molecule has 1 aliphatic rings. The molecular weight excluding hydrogens is 252 g/mol. The van der Waals surface area contributed by atoms with Gasteiger partial charge in [-0.1, -0.05) is 24.3 Å². The van der Waals surface area contributed by atoms with Gasteiger partial charge in [0.2, 0.25) is 0 Å². The van der Waals surface area contributed by atoms with Gasteiger partial charge in [-0.25, -0.2) is 4.98 Å². The molecule has 0 aliphatic heterocycles. The molecule has 1 atom stereocenters. The number of nitrogens with one attached hydrogen (secondary N) is 1. The summed E-state index contributed by atoms with van der Waals surface area (Å²) in [5, 5.41) is 7.04. The average Bonchev–Trinajstić information content (AvgIpc) is 2.85. The van der Waals surface area contributed by atoms with Crippen LogP contribution in [0.3, 0.4) is 0 Å². The number of aryl methyl sites for hydroxylation is 2. The zero-order valence-electron chi connectivity index (χ0n) is 11.4. The Labute approximate surface area is 118 Å². The fourth-order valence-electron chi connectivity index (χ4n) is 2.86. The first-order valence-electron chi connectivity index (χ1n) is 7.05. The molecule has 0 radical (unpaired) electrons. The molecule has 1 N–H and O–H groups in total. The number of thiazole rings is 1. The van der Waals surface area contributed by atoms with Crippen LogP contribution in [0.5, 0.6) is 0 Å². The number of benzene rings is 1. The van der Waals surface area contributed by atoms with Crippen molar-refractivity contribution in [3.63, 3.8) is 0 Å². The third kappa shape index (κ3) is 3.04. The van der Waals surface area contributed by atoms with E-state index < -0.39 is 0 Å². The highest BCUT2D eigenvalue weighted by Crippen LogP contribution is 2.29. The van der Waals surface area contributed by atoms with Gasteiger partial charge in [-0.15, -0.1) is 11.3 Å². The summed E-state index contributed by atoms with van der Waals surface area (Å²) in [4.78, 5) is 4.52. The first kappa shape index (κ1) is 12.8. The van der Waals surface area contributed by atoms with Crippen molar-refractivity contribution >= 4 is 11.3 Å². The van der Waals surface area contributed by atoms with Crippen molar-refractivity contribution < 1.29 is 0 Å². The molecule has 3 heteroatoms. The van der Waals surface area contributed by atoms with Crippen LogP contribution in [-0.4, -0.2) is 11.5 Å².